The standard InChI is InChI=1S/C25H19Cl2NO4/c1-28(2)16-7-9-20-22(11-16)31-23-12-17(30-14-15(27)13-26)8-10-21(23)25(20)19-6-4-3-5-18(19)24(29)32-25/h3-13H,14H2,1-2H3/b15-13-. The van der Waals surface area contributed by atoms with E-state index in [1.54, 1.807) is 18.2 Å². The molecule has 0 aromatic heterocycles. The molecule has 2 aliphatic rings. The maximum absolute atomic E-state index is 12.9. The van der Waals surface area contributed by atoms with Gasteiger partial charge in [-0.2, -0.15) is 0 Å². The SMILES string of the molecule is CN(C)c1ccc2c(c1)Oc1cc(OC/C(Cl)=C/Cl)ccc1C21OC(=O)c2ccccc21. The number of fused-ring (bicyclic) bond motifs is 6. The monoisotopic (exact) mass is 467 g/mol. The van der Waals surface area contributed by atoms with Crippen molar-refractivity contribution in [3.8, 4) is 17.2 Å². The highest BCUT2D eigenvalue weighted by Crippen LogP contribution is 2.56. The lowest BCUT2D eigenvalue weighted by Crippen LogP contribution is -2.33. The summed E-state index contributed by atoms with van der Waals surface area (Å²) in [6.45, 7) is 0.133. The summed E-state index contributed by atoms with van der Waals surface area (Å²) in [6.07, 6.45) is 0. The number of ether oxygens (including phenoxy) is 3. The van der Waals surface area contributed by atoms with Gasteiger partial charge in [-0.3, -0.25) is 0 Å². The number of nitrogens with zero attached hydrogens (tertiary/aromatic N) is 1. The summed E-state index contributed by atoms with van der Waals surface area (Å²) in [5.74, 6) is 1.35. The molecule has 2 aliphatic heterocycles. The highest BCUT2D eigenvalue weighted by Gasteiger charge is 2.53. The zero-order valence-corrected chi connectivity index (χ0v) is 18.9. The van der Waals surface area contributed by atoms with Crippen LogP contribution >= 0.6 is 23.2 Å². The second-order valence-corrected chi connectivity index (χ2v) is 8.50. The molecule has 0 bridgehead atoms. The van der Waals surface area contributed by atoms with E-state index in [0.717, 1.165) is 22.4 Å². The van der Waals surface area contributed by atoms with Gasteiger partial charge in [0.15, 0.2) is 5.60 Å². The summed E-state index contributed by atoms with van der Waals surface area (Å²) in [5.41, 5.74) is 3.96. The van der Waals surface area contributed by atoms with E-state index in [2.05, 4.69) is 0 Å². The van der Waals surface area contributed by atoms with Crippen LogP contribution in [0.5, 0.6) is 17.2 Å². The summed E-state index contributed by atoms with van der Waals surface area (Å²) in [6, 6.07) is 18.8. The molecule has 5 nitrogen and oxygen atoms in total. The molecule has 1 atom stereocenters. The number of carbonyl (C=O) groups is 1. The van der Waals surface area contributed by atoms with Gasteiger partial charge in [-0.25, -0.2) is 4.79 Å². The molecule has 32 heavy (non-hydrogen) atoms. The molecule has 3 aromatic rings. The Labute approximate surface area is 195 Å². The average molecular weight is 468 g/mol. The molecule has 5 rings (SSSR count). The molecule has 3 aromatic carbocycles. The van der Waals surface area contributed by atoms with E-state index in [1.165, 1.54) is 5.54 Å². The summed E-state index contributed by atoms with van der Waals surface area (Å²) < 4.78 is 18.2. The Morgan fingerprint density at radius 3 is 2.50 bits per heavy atom. The topological polar surface area (TPSA) is 48.0 Å². The Morgan fingerprint density at radius 1 is 1.03 bits per heavy atom. The van der Waals surface area contributed by atoms with Gasteiger partial charge in [0, 0.05) is 54.1 Å². The van der Waals surface area contributed by atoms with E-state index >= 15 is 0 Å². The molecule has 0 saturated heterocycles. The Hall–Kier alpha value is -3.15. The summed E-state index contributed by atoms with van der Waals surface area (Å²) in [5, 5.41) is 0.376. The van der Waals surface area contributed by atoms with Crippen LogP contribution in [-0.2, 0) is 10.3 Å². The van der Waals surface area contributed by atoms with Crippen LogP contribution in [0.3, 0.4) is 0 Å². The average Bonchev–Trinajstić information content (AvgIpc) is 3.10. The fraction of sp³-hybridized carbons (Fsp3) is 0.160. The van der Waals surface area contributed by atoms with Crippen molar-refractivity contribution in [2.75, 3.05) is 25.6 Å². The van der Waals surface area contributed by atoms with E-state index in [4.69, 9.17) is 37.4 Å². The predicted molar refractivity (Wildman–Crippen MR) is 124 cm³/mol. The van der Waals surface area contributed by atoms with Gasteiger partial charge in [-0.05, 0) is 30.3 Å². The van der Waals surface area contributed by atoms with Crippen LogP contribution < -0.4 is 14.4 Å². The molecular formula is C25H19Cl2NO4. The van der Waals surface area contributed by atoms with Gasteiger partial charge < -0.3 is 19.1 Å². The summed E-state index contributed by atoms with van der Waals surface area (Å²) >= 11 is 11.6. The number of esters is 1. The molecule has 2 heterocycles. The minimum Gasteiger partial charge on any atom is -0.488 e. The number of carbonyl (C=O) groups excluding carboxylic acids is 1. The summed E-state index contributed by atoms with van der Waals surface area (Å²) in [7, 11) is 3.92. The first kappa shape index (κ1) is 20.7. The predicted octanol–water partition coefficient (Wildman–Crippen LogP) is 6.02. The van der Waals surface area contributed by atoms with Crippen molar-refractivity contribution in [3.05, 3.63) is 93.5 Å². The number of anilines is 1. The smallest absolute Gasteiger partial charge is 0.340 e. The van der Waals surface area contributed by atoms with E-state index in [1.807, 2.05) is 61.5 Å². The van der Waals surface area contributed by atoms with Gasteiger partial charge >= 0.3 is 5.97 Å². The van der Waals surface area contributed by atoms with Crippen LogP contribution in [0.25, 0.3) is 0 Å². The Balaban J connectivity index is 1.71. The van der Waals surface area contributed by atoms with Gasteiger partial charge in [0.2, 0.25) is 0 Å². The largest absolute Gasteiger partial charge is 0.488 e. The third-order valence-corrected chi connectivity index (χ3v) is 6.27. The quantitative estimate of drug-likeness (QED) is 0.439. The summed E-state index contributed by atoms with van der Waals surface area (Å²) in [4.78, 5) is 14.9. The minimum atomic E-state index is -1.10. The van der Waals surface area contributed by atoms with Gasteiger partial charge in [0.25, 0.3) is 0 Å². The number of benzene rings is 3. The van der Waals surface area contributed by atoms with Gasteiger partial charge in [0.1, 0.15) is 23.9 Å². The minimum absolute atomic E-state index is 0.133. The number of hydrogen-bond donors (Lipinski definition) is 0. The highest BCUT2D eigenvalue weighted by atomic mass is 35.5. The normalized spacial score (nSPS) is 18.4. The Morgan fingerprint density at radius 2 is 1.75 bits per heavy atom. The van der Waals surface area contributed by atoms with Crippen molar-refractivity contribution in [3.63, 3.8) is 0 Å². The molecule has 162 valence electrons. The second-order valence-electron chi connectivity index (χ2n) is 7.80. The van der Waals surface area contributed by atoms with Crippen LogP contribution in [0, 0.1) is 0 Å². The second kappa shape index (κ2) is 7.76. The molecule has 1 unspecified atom stereocenters. The lowest BCUT2D eigenvalue weighted by Gasteiger charge is -2.37. The maximum atomic E-state index is 12.9. The van der Waals surface area contributed by atoms with Crippen molar-refractivity contribution in [2.45, 2.75) is 5.60 Å². The zero-order chi connectivity index (χ0) is 22.5. The van der Waals surface area contributed by atoms with Crippen LogP contribution in [0.4, 0.5) is 5.69 Å². The van der Waals surface area contributed by atoms with Crippen molar-refractivity contribution < 1.29 is 19.0 Å². The van der Waals surface area contributed by atoms with Gasteiger partial charge in [-0.1, -0.05) is 41.4 Å². The maximum Gasteiger partial charge on any atom is 0.340 e. The lowest BCUT2D eigenvalue weighted by molar-refractivity contribution is 0.0224. The molecule has 0 saturated carbocycles. The van der Waals surface area contributed by atoms with E-state index in [0.29, 0.717) is 27.8 Å². The van der Waals surface area contributed by atoms with Crippen LogP contribution in [0.15, 0.2) is 71.2 Å². The van der Waals surface area contributed by atoms with Crippen LogP contribution in [0.1, 0.15) is 27.0 Å². The van der Waals surface area contributed by atoms with Crippen molar-refractivity contribution in [2.24, 2.45) is 0 Å². The molecule has 0 amide bonds. The molecule has 1 spiro atoms. The number of rotatable bonds is 4. The van der Waals surface area contributed by atoms with Crippen molar-refractivity contribution >= 4 is 34.9 Å². The molecule has 0 aliphatic carbocycles. The molecule has 0 N–H and O–H groups in total. The first-order valence-electron chi connectivity index (χ1n) is 9.98. The third-order valence-electron chi connectivity index (χ3n) is 5.68. The molecule has 0 fully saturated rings. The Bertz CT molecular complexity index is 1270. The molecule has 0 radical (unpaired) electrons. The molecular weight excluding hydrogens is 449 g/mol. The van der Waals surface area contributed by atoms with Gasteiger partial charge in [-0.15, -0.1) is 0 Å². The lowest BCUT2D eigenvalue weighted by atomic mass is 9.77. The van der Waals surface area contributed by atoms with Crippen molar-refractivity contribution in [1.82, 2.24) is 0 Å². The number of hydrogen-bond acceptors (Lipinski definition) is 5. The van der Waals surface area contributed by atoms with E-state index < -0.39 is 5.60 Å². The van der Waals surface area contributed by atoms with Crippen molar-refractivity contribution in [1.29, 1.82) is 0 Å². The zero-order valence-electron chi connectivity index (χ0n) is 17.4. The Kier molecular flexibility index (Phi) is 5.03. The molecule has 7 heteroatoms. The first-order valence-corrected chi connectivity index (χ1v) is 10.8. The van der Waals surface area contributed by atoms with Crippen LogP contribution in [-0.4, -0.2) is 26.7 Å². The fourth-order valence-electron chi connectivity index (χ4n) is 4.20. The van der Waals surface area contributed by atoms with E-state index in [-0.39, 0.29) is 12.6 Å². The third kappa shape index (κ3) is 3.12. The first-order chi connectivity index (χ1) is 15.4. The van der Waals surface area contributed by atoms with Crippen LogP contribution in [0.2, 0.25) is 0 Å². The fourth-order valence-corrected chi connectivity index (χ4v) is 4.31. The van der Waals surface area contributed by atoms with E-state index in [9.17, 15) is 4.79 Å². The number of halogens is 2. The van der Waals surface area contributed by atoms with Gasteiger partial charge in [0.05, 0.1) is 10.6 Å². The highest BCUT2D eigenvalue weighted by molar-refractivity contribution is 6.36.